The molecule has 0 radical (unpaired) electrons. The standard InChI is InChI=1S/C18H28O3/c19-12-9-16-15-6-5-11-3-1-2-4-13(11)14(15)7-8-18(16,10-12)17(20)21/h11,13-17,20-21H,1-10H2/t11?,13-,14+,15+,16-,18-/m0/s1. The van der Waals surface area contributed by atoms with Gasteiger partial charge in [0.2, 0.25) is 0 Å². The molecule has 3 nitrogen and oxygen atoms in total. The van der Waals surface area contributed by atoms with E-state index in [1.54, 1.807) is 0 Å². The molecule has 0 bridgehead atoms. The SMILES string of the molecule is O=C1C[C@H]2[C@@H]3CCC4CCCC[C@@H]4[C@H]3CC[C@]2(C(O)O)C1. The third-order valence-electron chi connectivity index (χ3n) is 7.63. The Kier molecular flexibility index (Phi) is 3.42. The molecule has 4 saturated carbocycles. The van der Waals surface area contributed by atoms with Crippen LogP contribution in [0.1, 0.15) is 64.2 Å². The van der Waals surface area contributed by atoms with Gasteiger partial charge in [0, 0.05) is 18.3 Å². The minimum absolute atomic E-state index is 0.242. The number of aliphatic hydroxyl groups is 2. The molecule has 6 atom stereocenters. The largest absolute Gasteiger partial charge is 0.368 e. The highest BCUT2D eigenvalue weighted by molar-refractivity contribution is 5.82. The van der Waals surface area contributed by atoms with Crippen LogP contribution in [0, 0.1) is 35.0 Å². The van der Waals surface area contributed by atoms with Gasteiger partial charge in [-0.05, 0) is 61.7 Å². The zero-order valence-corrected chi connectivity index (χ0v) is 12.8. The summed E-state index contributed by atoms with van der Waals surface area (Å²) in [5, 5.41) is 20.0. The van der Waals surface area contributed by atoms with Crippen molar-refractivity contribution in [2.45, 2.75) is 70.5 Å². The number of aliphatic hydroxyl groups excluding tert-OH is 1. The lowest BCUT2D eigenvalue weighted by atomic mass is 9.50. The van der Waals surface area contributed by atoms with Crippen molar-refractivity contribution in [1.29, 1.82) is 0 Å². The average Bonchev–Trinajstić information content (AvgIpc) is 2.84. The Bertz CT molecular complexity index is 432. The molecule has 4 aliphatic rings. The molecule has 4 aliphatic carbocycles. The Morgan fingerprint density at radius 3 is 2.57 bits per heavy atom. The van der Waals surface area contributed by atoms with Gasteiger partial charge < -0.3 is 10.2 Å². The number of carbonyl (C=O) groups excluding carboxylic acids is 1. The molecule has 0 aromatic heterocycles. The molecule has 21 heavy (non-hydrogen) atoms. The summed E-state index contributed by atoms with van der Waals surface area (Å²) in [6, 6.07) is 0. The quantitative estimate of drug-likeness (QED) is 0.731. The first kappa shape index (κ1) is 14.2. The monoisotopic (exact) mass is 292 g/mol. The average molecular weight is 292 g/mol. The normalized spacial score (nSPS) is 49.7. The molecule has 2 N–H and O–H groups in total. The van der Waals surface area contributed by atoms with Gasteiger partial charge in [0.1, 0.15) is 5.78 Å². The lowest BCUT2D eigenvalue weighted by Crippen LogP contribution is -2.51. The number of fused-ring (bicyclic) bond motifs is 5. The fourth-order valence-electron chi connectivity index (χ4n) is 6.74. The van der Waals surface area contributed by atoms with Crippen LogP contribution in [0.3, 0.4) is 0 Å². The fraction of sp³-hybridized carbons (Fsp3) is 0.944. The van der Waals surface area contributed by atoms with Crippen LogP contribution in [0.4, 0.5) is 0 Å². The molecule has 0 aromatic carbocycles. The number of hydrogen-bond donors (Lipinski definition) is 2. The second-order valence-corrected chi connectivity index (χ2v) is 8.29. The molecule has 1 unspecified atom stereocenters. The van der Waals surface area contributed by atoms with Crippen molar-refractivity contribution >= 4 is 5.78 Å². The first-order chi connectivity index (χ1) is 10.1. The van der Waals surface area contributed by atoms with E-state index < -0.39 is 11.7 Å². The van der Waals surface area contributed by atoms with Crippen molar-refractivity contribution < 1.29 is 15.0 Å². The summed E-state index contributed by atoms with van der Waals surface area (Å²) >= 11 is 0. The first-order valence-corrected chi connectivity index (χ1v) is 8.99. The zero-order valence-electron chi connectivity index (χ0n) is 12.8. The van der Waals surface area contributed by atoms with Crippen molar-refractivity contribution in [1.82, 2.24) is 0 Å². The Hall–Kier alpha value is -0.410. The van der Waals surface area contributed by atoms with Gasteiger partial charge in [-0.25, -0.2) is 0 Å². The third-order valence-corrected chi connectivity index (χ3v) is 7.63. The summed E-state index contributed by atoms with van der Waals surface area (Å²) < 4.78 is 0. The molecule has 3 heteroatoms. The number of hydrogen-bond acceptors (Lipinski definition) is 3. The predicted molar refractivity (Wildman–Crippen MR) is 79.3 cm³/mol. The number of carbonyl (C=O) groups is 1. The van der Waals surface area contributed by atoms with Crippen molar-refractivity contribution in [3.63, 3.8) is 0 Å². The third kappa shape index (κ3) is 2.03. The number of Topliss-reactive ketones (excluding diaryl/α,β-unsaturated/α-hetero) is 1. The van der Waals surface area contributed by atoms with Gasteiger partial charge in [-0.1, -0.05) is 19.3 Å². The summed E-state index contributed by atoms with van der Waals surface area (Å²) in [7, 11) is 0. The van der Waals surface area contributed by atoms with Crippen LogP contribution in [-0.2, 0) is 4.79 Å². The molecule has 118 valence electrons. The van der Waals surface area contributed by atoms with Gasteiger partial charge >= 0.3 is 0 Å². The van der Waals surface area contributed by atoms with Crippen molar-refractivity contribution in [2.75, 3.05) is 0 Å². The second-order valence-electron chi connectivity index (χ2n) is 8.29. The molecule has 4 fully saturated rings. The van der Waals surface area contributed by atoms with Crippen molar-refractivity contribution in [3.8, 4) is 0 Å². The van der Waals surface area contributed by atoms with E-state index in [-0.39, 0.29) is 11.7 Å². The Labute approximate surface area is 127 Å². The van der Waals surface area contributed by atoms with E-state index in [4.69, 9.17) is 0 Å². The molecular weight excluding hydrogens is 264 g/mol. The van der Waals surface area contributed by atoms with E-state index in [9.17, 15) is 15.0 Å². The van der Waals surface area contributed by atoms with Gasteiger partial charge in [0.25, 0.3) is 0 Å². The molecule has 0 aliphatic heterocycles. The van der Waals surface area contributed by atoms with E-state index in [2.05, 4.69) is 0 Å². The maximum atomic E-state index is 12.1. The highest BCUT2D eigenvalue weighted by Crippen LogP contribution is 2.62. The summed E-state index contributed by atoms with van der Waals surface area (Å²) in [5.41, 5.74) is -0.500. The van der Waals surface area contributed by atoms with Gasteiger partial charge in [0.05, 0.1) is 0 Å². The topological polar surface area (TPSA) is 57.5 Å². The summed E-state index contributed by atoms with van der Waals surface area (Å²) in [5.74, 6) is 3.62. The van der Waals surface area contributed by atoms with Gasteiger partial charge in [-0.15, -0.1) is 0 Å². The van der Waals surface area contributed by atoms with Crippen LogP contribution in [0.15, 0.2) is 0 Å². The smallest absolute Gasteiger partial charge is 0.157 e. The summed E-state index contributed by atoms with van der Waals surface area (Å²) in [6.45, 7) is 0. The van der Waals surface area contributed by atoms with E-state index in [0.29, 0.717) is 18.8 Å². The van der Waals surface area contributed by atoms with Gasteiger partial charge in [-0.2, -0.15) is 0 Å². The molecular formula is C18H28O3. The molecule has 0 saturated heterocycles. The number of ketones is 1. The predicted octanol–water partition coefficient (Wildman–Crippen LogP) is 2.89. The second kappa shape index (κ2) is 5.06. The molecule has 0 spiro atoms. The summed E-state index contributed by atoms with van der Waals surface area (Å²) in [6.07, 6.45) is 9.78. The molecule has 0 heterocycles. The minimum atomic E-state index is -1.31. The maximum Gasteiger partial charge on any atom is 0.157 e. The van der Waals surface area contributed by atoms with E-state index in [1.807, 2.05) is 0 Å². The van der Waals surface area contributed by atoms with E-state index in [0.717, 1.165) is 30.6 Å². The Balaban J connectivity index is 1.62. The lowest BCUT2D eigenvalue weighted by Gasteiger charge is -2.55. The highest BCUT2D eigenvalue weighted by atomic mass is 16.5. The number of rotatable bonds is 1. The Morgan fingerprint density at radius 1 is 0.952 bits per heavy atom. The molecule has 0 amide bonds. The van der Waals surface area contributed by atoms with Crippen molar-refractivity contribution in [3.05, 3.63) is 0 Å². The van der Waals surface area contributed by atoms with Crippen LogP contribution in [0.25, 0.3) is 0 Å². The van der Waals surface area contributed by atoms with E-state index in [1.165, 1.54) is 38.5 Å². The van der Waals surface area contributed by atoms with Crippen molar-refractivity contribution in [2.24, 2.45) is 35.0 Å². The maximum absolute atomic E-state index is 12.1. The van der Waals surface area contributed by atoms with Crippen LogP contribution in [0.5, 0.6) is 0 Å². The first-order valence-electron chi connectivity index (χ1n) is 8.99. The van der Waals surface area contributed by atoms with Crippen LogP contribution in [0.2, 0.25) is 0 Å². The van der Waals surface area contributed by atoms with Crippen LogP contribution < -0.4 is 0 Å². The fourth-order valence-corrected chi connectivity index (χ4v) is 6.74. The minimum Gasteiger partial charge on any atom is -0.368 e. The highest BCUT2D eigenvalue weighted by Gasteiger charge is 2.59. The van der Waals surface area contributed by atoms with Crippen LogP contribution >= 0.6 is 0 Å². The van der Waals surface area contributed by atoms with Crippen LogP contribution in [-0.4, -0.2) is 22.3 Å². The molecule has 0 aromatic rings. The lowest BCUT2D eigenvalue weighted by molar-refractivity contribution is -0.190. The zero-order chi connectivity index (χ0) is 14.6. The molecule has 4 rings (SSSR count). The Morgan fingerprint density at radius 2 is 1.76 bits per heavy atom. The summed E-state index contributed by atoms with van der Waals surface area (Å²) in [4.78, 5) is 12.1. The van der Waals surface area contributed by atoms with E-state index >= 15 is 0 Å². The van der Waals surface area contributed by atoms with Gasteiger partial charge in [-0.3, -0.25) is 4.79 Å². The van der Waals surface area contributed by atoms with Gasteiger partial charge in [0.15, 0.2) is 6.29 Å².